The second kappa shape index (κ2) is 2.70. The molecule has 0 aromatic rings. The molecular weight excluding hydrogens is 128 g/mol. The van der Waals surface area contributed by atoms with Gasteiger partial charge in [-0.05, 0) is 19.8 Å². The van der Waals surface area contributed by atoms with E-state index >= 15 is 0 Å². The molecule has 1 saturated carbocycles. The van der Waals surface area contributed by atoms with E-state index in [1.165, 1.54) is 0 Å². The Kier molecular flexibility index (Phi) is 2.09. The predicted octanol–water partition coefficient (Wildman–Crippen LogP) is 1.13. The molecule has 2 heteroatoms. The number of hydrogen-bond acceptors (Lipinski definition) is 2. The average molecular weight is 142 g/mol. The molecule has 2 nitrogen and oxygen atoms in total. The quantitative estimate of drug-likeness (QED) is 0.557. The summed E-state index contributed by atoms with van der Waals surface area (Å²) in [5.41, 5.74) is -0.722. The number of aliphatic hydroxyl groups is 1. The molecule has 0 saturated heterocycles. The van der Waals surface area contributed by atoms with Gasteiger partial charge in [-0.25, -0.2) is 0 Å². The van der Waals surface area contributed by atoms with Crippen LogP contribution in [-0.4, -0.2) is 17.0 Å². The van der Waals surface area contributed by atoms with E-state index in [-0.39, 0.29) is 5.92 Å². The molecule has 1 aliphatic carbocycles. The topological polar surface area (TPSA) is 37.3 Å². The van der Waals surface area contributed by atoms with Crippen molar-refractivity contribution in [2.24, 2.45) is 5.92 Å². The van der Waals surface area contributed by atoms with Crippen LogP contribution in [0.2, 0.25) is 0 Å². The van der Waals surface area contributed by atoms with E-state index in [1.54, 1.807) is 6.92 Å². The summed E-state index contributed by atoms with van der Waals surface area (Å²) in [6.07, 6.45) is 4.66. The van der Waals surface area contributed by atoms with E-state index < -0.39 is 5.60 Å². The van der Waals surface area contributed by atoms with Gasteiger partial charge in [-0.1, -0.05) is 12.8 Å². The van der Waals surface area contributed by atoms with Gasteiger partial charge in [0.1, 0.15) is 6.29 Å². The number of hydrogen-bond donors (Lipinski definition) is 1. The van der Waals surface area contributed by atoms with Crippen LogP contribution in [0.5, 0.6) is 0 Å². The largest absolute Gasteiger partial charge is 0.389 e. The summed E-state index contributed by atoms with van der Waals surface area (Å²) in [6, 6.07) is 0. The third-order valence-corrected chi connectivity index (χ3v) is 2.41. The molecule has 0 bridgehead atoms. The van der Waals surface area contributed by atoms with Gasteiger partial charge in [-0.3, -0.25) is 0 Å². The van der Waals surface area contributed by atoms with Gasteiger partial charge in [0.15, 0.2) is 0 Å². The van der Waals surface area contributed by atoms with Crippen LogP contribution in [0.1, 0.15) is 32.6 Å². The minimum atomic E-state index is -0.722. The smallest absolute Gasteiger partial charge is 0.125 e. The van der Waals surface area contributed by atoms with Crippen molar-refractivity contribution in [1.29, 1.82) is 0 Å². The highest BCUT2D eigenvalue weighted by molar-refractivity contribution is 5.55. The molecular formula is C8H14O2. The number of rotatable bonds is 1. The third kappa shape index (κ3) is 1.37. The number of aldehydes is 1. The minimum Gasteiger partial charge on any atom is -0.389 e. The summed E-state index contributed by atoms with van der Waals surface area (Å²) in [6.45, 7) is 1.76. The van der Waals surface area contributed by atoms with Crippen molar-refractivity contribution in [2.75, 3.05) is 0 Å². The highest BCUT2D eigenvalue weighted by Crippen LogP contribution is 2.31. The van der Waals surface area contributed by atoms with Crippen LogP contribution >= 0.6 is 0 Å². The summed E-state index contributed by atoms with van der Waals surface area (Å²) in [7, 11) is 0. The van der Waals surface area contributed by atoms with Crippen LogP contribution in [0, 0.1) is 5.92 Å². The first-order chi connectivity index (χ1) is 4.67. The molecule has 0 heterocycles. The van der Waals surface area contributed by atoms with Gasteiger partial charge in [-0.2, -0.15) is 0 Å². The second-order valence-corrected chi connectivity index (χ2v) is 3.35. The third-order valence-electron chi connectivity index (χ3n) is 2.41. The zero-order chi connectivity index (χ0) is 7.61. The lowest BCUT2D eigenvalue weighted by Crippen LogP contribution is -2.38. The van der Waals surface area contributed by atoms with Crippen molar-refractivity contribution in [2.45, 2.75) is 38.2 Å². The lowest BCUT2D eigenvalue weighted by Gasteiger charge is -2.33. The van der Waals surface area contributed by atoms with Crippen molar-refractivity contribution in [1.82, 2.24) is 0 Å². The maximum atomic E-state index is 10.4. The van der Waals surface area contributed by atoms with Crippen molar-refractivity contribution in [3.05, 3.63) is 0 Å². The van der Waals surface area contributed by atoms with E-state index in [9.17, 15) is 9.90 Å². The van der Waals surface area contributed by atoms with Gasteiger partial charge >= 0.3 is 0 Å². The molecule has 0 aromatic heterocycles. The second-order valence-electron chi connectivity index (χ2n) is 3.35. The summed E-state index contributed by atoms with van der Waals surface area (Å²) < 4.78 is 0. The fourth-order valence-corrected chi connectivity index (χ4v) is 1.56. The molecule has 1 rings (SSSR count). The standard InChI is InChI=1S/C8H14O2/c1-8(10)5-3-2-4-7(8)6-9/h6-7,10H,2-5H2,1H3/t7-,8+/m1/s1. The van der Waals surface area contributed by atoms with Crippen molar-refractivity contribution in [3.8, 4) is 0 Å². The SMILES string of the molecule is C[C@]1(O)CCCC[C@@H]1C=O. The van der Waals surface area contributed by atoms with E-state index in [0.29, 0.717) is 0 Å². The van der Waals surface area contributed by atoms with Crippen LogP contribution in [0.3, 0.4) is 0 Å². The molecule has 58 valence electrons. The summed E-state index contributed by atoms with van der Waals surface area (Å²) >= 11 is 0. The van der Waals surface area contributed by atoms with Gasteiger partial charge in [0.05, 0.1) is 5.60 Å². The van der Waals surface area contributed by atoms with Crippen molar-refractivity contribution in [3.63, 3.8) is 0 Å². The molecule has 0 radical (unpaired) electrons. The van der Waals surface area contributed by atoms with Crippen LogP contribution < -0.4 is 0 Å². The Bertz CT molecular complexity index is 129. The first-order valence-corrected chi connectivity index (χ1v) is 3.84. The monoisotopic (exact) mass is 142 g/mol. The molecule has 0 unspecified atom stereocenters. The molecule has 10 heavy (non-hydrogen) atoms. The Balaban J connectivity index is 2.59. The average Bonchev–Trinajstić information content (AvgIpc) is 1.87. The van der Waals surface area contributed by atoms with Crippen LogP contribution in [0.15, 0.2) is 0 Å². The molecule has 1 aliphatic rings. The van der Waals surface area contributed by atoms with E-state index in [1.807, 2.05) is 0 Å². The molecule has 0 aliphatic heterocycles. The van der Waals surface area contributed by atoms with Crippen LogP contribution in [0.25, 0.3) is 0 Å². The summed E-state index contributed by atoms with van der Waals surface area (Å²) in [4.78, 5) is 10.4. The first-order valence-electron chi connectivity index (χ1n) is 3.84. The van der Waals surface area contributed by atoms with Crippen LogP contribution in [-0.2, 0) is 4.79 Å². The zero-order valence-corrected chi connectivity index (χ0v) is 6.34. The van der Waals surface area contributed by atoms with Gasteiger partial charge < -0.3 is 9.90 Å². The summed E-state index contributed by atoms with van der Waals surface area (Å²) in [5, 5.41) is 9.60. The zero-order valence-electron chi connectivity index (χ0n) is 6.34. The van der Waals surface area contributed by atoms with Gasteiger partial charge in [0.25, 0.3) is 0 Å². The van der Waals surface area contributed by atoms with Crippen molar-refractivity contribution >= 4 is 6.29 Å². The predicted molar refractivity (Wildman–Crippen MR) is 38.6 cm³/mol. The Hall–Kier alpha value is -0.370. The Morgan fingerprint density at radius 2 is 2.30 bits per heavy atom. The number of carbonyl (C=O) groups excluding carboxylic acids is 1. The fourth-order valence-electron chi connectivity index (χ4n) is 1.56. The highest BCUT2D eigenvalue weighted by Gasteiger charge is 2.33. The van der Waals surface area contributed by atoms with Gasteiger partial charge in [0.2, 0.25) is 0 Å². The maximum Gasteiger partial charge on any atom is 0.125 e. The Morgan fingerprint density at radius 1 is 1.60 bits per heavy atom. The Labute approximate surface area is 61.2 Å². The maximum absolute atomic E-state index is 10.4. The molecule has 2 atom stereocenters. The molecule has 1 N–H and O–H groups in total. The van der Waals surface area contributed by atoms with E-state index in [2.05, 4.69) is 0 Å². The number of carbonyl (C=O) groups is 1. The van der Waals surface area contributed by atoms with E-state index in [0.717, 1.165) is 32.0 Å². The fraction of sp³-hybridized carbons (Fsp3) is 0.875. The molecule has 0 spiro atoms. The van der Waals surface area contributed by atoms with Gasteiger partial charge in [0, 0.05) is 5.92 Å². The van der Waals surface area contributed by atoms with E-state index in [4.69, 9.17) is 0 Å². The lowest BCUT2D eigenvalue weighted by molar-refractivity contribution is -0.121. The van der Waals surface area contributed by atoms with Crippen molar-refractivity contribution < 1.29 is 9.90 Å². The molecule has 0 aromatic carbocycles. The minimum absolute atomic E-state index is 0.124. The van der Waals surface area contributed by atoms with Gasteiger partial charge in [-0.15, -0.1) is 0 Å². The summed E-state index contributed by atoms with van der Waals surface area (Å²) in [5.74, 6) is -0.124. The highest BCUT2D eigenvalue weighted by atomic mass is 16.3. The Morgan fingerprint density at radius 3 is 2.70 bits per heavy atom. The first kappa shape index (κ1) is 7.73. The van der Waals surface area contributed by atoms with Crippen LogP contribution in [0.4, 0.5) is 0 Å². The normalized spacial score (nSPS) is 41.2. The molecule has 1 fully saturated rings. The molecule has 0 amide bonds. The lowest BCUT2D eigenvalue weighted by atomic mass is 9.77.